The second-order valence-corrected chi connectivity index (χ2v) is 7.59. The first-order valence-electron chi connectivity index (χ1n) is 5.32. The highest BCUT2D eigenvalue weighted by Gasteiger charge is 2.22. The molecule has 6 heteroatoms. The Labute approximate surface area is 114 Å². The number of rotatable bonds is 1. The number of hydrogen-bond acceptors (Lipinski definition) is 4. The molecule has 0 amide bonds. The molecule has 0 atom stereocenters. The topological polar surface area (TPSA) is 43.4 Å². The first kappa shape index (κ1) is 12.1. The Balaban J connectivity index is 2.03. The number of benzene rings is 1. The van der Waals surface area contributed by atoms with Gasteiger partial charge in [0.1, 0.15) is 6.61 Å². The van der Waals surface area contributed by atoms with E-state index in [1.807, 2.05) is 12.1 Å². The first-order chi connectivity index (χ1) is 8.54. The molecule has 0 radical (unpaired) electrons. The van der Waals surface area contributed by atoms with E-state index in [0.717, 1.165) is 27.5 Å². The number of ether oxygens (including phenoxy) is 1. The van der Waals surface area contributed by atoms with Crippen LogP contribution in [0.25, 0.3) is 0 Å². The molecule has 1 aromatic rings. The zero-order chi connectivity index (χ0) is 12.8. The summed E-state index contributed by atoms with van der Waals surface area (Å²) in [4.78, 5) is 1.02. The van der Waals surface area contributed by atoms with Crippen molar-refractivity contribution < 1.29 is 13.2 Å². The molecule has 18 heavy (non-hydrogen) atoms. The van der Waals surface area contributed by atoms with Crippen molar-refractivity contribution in [1.82, 2.24) is 0 Å². The van der Waals surface area contributed by atoms with Gasteiger partial charge in [0.25, 0.3) is 9.05 Å². The van der Waals surface area contributed by atoms with Gasteiger partial charge in [-0.15, -0.1) is 0 Å². The fourth-order valence-electron chi connectivity index (χ4n) is 1.93. The Morgan fingerprint density at radius 2 is 2.17 bits per heavy atom. The van der Waals surface area contributed by atoms with Crippen LogP contribution in [0, 0.1) is 0 Å². The van der Waals surface area contributed by atoms with Crippen molar-refractivity contribution in [2.24, 2.45) is 0 Å². The average molecular weight is 301 g/mol. The van der Waals surface area contributed by atoms with Crippen LogP contribution in [0.1, 0.15) is 5.56 Å². The van der Waals surface area contributed by atoms with E-state index in [1.165, 1.54) is 11.8 Å². The van der Waals surface area contributed by atoms with Gasteiger partial charge < -0.3 is 4.74 Å². The highest BCUT2D eigenvalue weighted by molar-refractivity contribution is 8.13. The van der Waals surface area contributed by atoms with Gasteiger partial charge in [0, 0.05) is 27.6 Å². The molecule has 0 unspecified atom stereocenters. The summed E-state index contributed by atoms with van der Waals surface area (Å²) >= 11 is 1.45. The van der Waals surface area contributed by atoms with E-state index in [1.54, 1.807) is 12.1 Å². The van der Waals surface area contributed by atoms with Gasteiger partial charge in [-0.3, -0.25) is 0 Å². The molecular weight excluding hydrogens is 292 g/mol. The van der Waals surface area contributed by atoms with Crippen molar-refractivity contribution in [3.05, 3.63) is 46.6 Å². The Hall–Kier alpha value is -0.910. The Morgan fingerprint density at radius 3 is 2.94 bits per heavy atom. The first-order valence-corrected chi connectivity index (χ1v) is 8.44. The minimum absolute atomic E-state index is 0.130. The molecule has 3 rings (SSSR count). The lowest BCUT2D eigenvalue weighted by Crippen LogP contribution is -2.07. The van der Waals surface area contributed by atoms with Gasteiger partial charge in [-0.25, -0.2) is 8.42 Å². The van der Waals surface area contributed by atoms with Crippen LogP contribution in [-0.2, 0) is 20.2 Å². The standard InChI is InChI=1S/C12H9ClO3S2/c13-18(14,15)10-4-3-8-6-9-2-1-5-16-12(9)17-11(8)7-10/h1-4,7H,5-6H2. The summed E-state index contributed by atoms with van der Waals surface area (Å²) in [6, 6.07) is 4.96. The Morgan fingerprint density at radius 1 is 1.33 bits per heavy atom. The van der Waals surface area contributed by atoms with Crippen LogP contribution in [0.2, 0.25) is 0 Å². The Kier molecular flexibility index (Phi) is 2.92. The molecule has 2 heterocycles. The van der Waals surface area contributed by atoms with Gasteiger partial charge in [0.15, 0.2) is 5.09 Å². The van der Waals surface area contributed by atoms with E-state index in [4.69, 9.17) is 15.4 Å². The second kappa shape index (κ2) is 4.33. The van der Waals surface area contributed by atoms with Gasteiger partial charge in [0.2, 0.25) is 0 Å². The summed E-state index contributed by atoms with van der Waals surface area (Å²) in [5.41, 5.74) is 2.23. The maximum atomic E-state index is 11.3. The molecule has 2 aliphatic heterocycles. The van der Waals surface area contributed by atoms with Gasteiger partial charge in [-0.05, 0) is 23.8 Å². The van der Waals surface area contributed by atoms with E-state index < -0.39 is 9.05 Å². The van der Waals surface area contributed by atoms with Gasteiger partial charge in [-0.1, -0.05) is 23.9 Å². The highest BCUT2D eigenvalue weighted by atomic mass is 35.7. The predicted octanol–water partition coefficient (Wildman–Crippen LogP) is 3.06. The van der Waals surface area contributed by atoms with Crippen LogP contribution in [0.5, 0.6) is 0 Å². The lowest BCUT2D eigenvalue weighted by Gasteiger charge is -2.23. The second-order valence-electron chi connectivity index (χ2n) is 4.01. The number of halogens is 1. The van der Waals surface area contributed by atoms with Crippen LogP contribution in [0.4, 0.5) is 0 Å². The fraction of sp³-hybridized carbons (Fsp3) is 0.167. The molecule has 0 fully saturated rings. The Bertz CT molecular complexity index is 675. The lowest BCUT2D eigenvalue weighted by atomic mass is 10.0. The minimum Gasteiger partial charge on any atom is -0.483 e. The average Bonchev–Trinajstić information content (AvgIpc) is 2.34. The van der Waals surface area contributed by atoms with Crippen molar-refractivity contribution in [3.63, 3.8) is 0 Å². The summed E-state index contributed by atoms with van der Waals surface area (Å²) in [6.07, 6.45) is 4.79. The molecule has 3 nitrogen and oxygen atoms in total. The summed E-state index contributed by atoms with van der Waals surface area (Å²) in [7, 11) is 1.67. The summed E-state index contributed by atoms with van der Waals surface area (Å²) in [5, 5.41) is 0.856. The van der Waals surface area contributed by atoms with Gasteiger partial charge >= 0.3 is 0 Å². The van der Waals surface area contributed by atoms with Crippen molar-refractivity contribution in [3.8, 4) is 0 Å². The smallest absolute Gasteiger partial charge is 0.261 e. The van der Waals surface area contributed by atoms with E-state index in [-0.39, 0.29) is 4.90 Å². The largest absolute Gasteiger partial charge is 0.483 e. The number of hydrogen-bond donors (Lipinski definition) is 0. The van der Waals surface area contributed by atoms with Crippen LogP contribution in [-0.4, -0.2) is 15.0 Å². The molecule has 0 aromatic heterocycles. The number of allylic oxidation sites excluding steroid dienone is 2. The maximum Gasteiger partial charge on any atom is 0.261 e. The maximum absolute atomic E-state index is 11.3. The third-order valence-electron chi connectivity index (χ3n) is 2.80. The molecule has 0 saturated carbocycles. The SMILES string of the molecule is O=S(=O)(Cl)c1ccc2c(c1)SC1=C(C=CCO1)C2. The lowest BCUT2D eigenvalue weighted by molar-refractivity contribution is 0.268. The third kappa shape index (κ3) is 2.18. The zero-order valence-corrected chi connectivity index (χ0v) is 11.6. The van der Waals surface area contributed by atoms with E-state index in [2.05, 4.69) is 6.08 Å². The predicted molar refractivity (Wildman–Crippen MR) is 71.2 cm³/mol. The van der Waals surface area contributed by atoms with Crippen LogP contribution < -0.4 is 0 Å². The van der Waals surface area contributed by atoms with Crippen LogP contribution in [0.15, 0.2) is 50.8 Å². The molecule has 0 saturated heterocycles. The van der Waals surface area contributed by atoms with E-state index in [0.29, 0.717) is 6.61 Å². The summed E-state index contributed by atoms with van der Waals surface area (Å²) in [6.45, 7) is 0.564. The summed E-state index contributed by atoms with van der Waals surface area (Å²) in [5.74, 6) is 0. The highest BCUT2D eigenvalue weighted by Crippen LogP contribution is 2.41. The third-order valence-corrected chi connectivity index (χ3v) is 5.31. The molecule has 94 valence electrons. The van der Waals surface area contributed by atoms with Crippen molar-refractivity contribution in [1.29, 1.82) is 0 Å². The van der Waals surface area contributed by atoms with Crippen molar-refractivity contribution >= 4 is 31.5 Å². The summed E-state index contributed by atoms with van der Waals surface area (Å²) < 4.78 is 28.1. The molecule has 0 bridgehead atoms. The molecular formula is C12H9ClO3S2. The van der Waals surface area contributed by atoms with Gasteiger partial charge in [-0.2, -0.15) is 0 Å². The number of fused-ring (bicyclic) bond motifs is 1. The van der Waals surface area contributed by atoms with E-state index in [9.17, 15) is 8.42 Å². The molecule has 0 N–H and O–H groups in total. The van der Waals surface area contributed by atoms with Crippen molar-refractivity contribution in [2.45, 2.75) is 16.2 Å². The monoisotopic (exact) mass is 300 g/mol. The van der Waals surface area contributed by atoms with Gasteiger partial charge in [0.05, 0.1) is 4.90 Å². The van der Waals surface area contributed by atoms with Crippen LogP contribution >= 0.6 is 22.4 Å². The molecule has 2 aliphatic rings. The van der Waals surface area contributed by atoms with Crippen LogP contribution in [0.3, 0.4) is 0 Å². The quantitative estimate of drug-likeness (QED) is 0.748. The molecule has 0 spiro atoms. The van der Waals surface area contributed by atoms with Crippen molar-refractivity contribution in [2.75, 3.05) is 6.61 Å². The normalized spacial score (nSPS) is 18.1. The fourth-order valence-corrected chi connectivity index (χ4v) is 3.84. The molecule has 0 aliphatic carbocycles. The zero-order valence-electron chi connectivity index (χ0n) is 9.22. The number of thioether (sulfide) groups is 1. The minimum atomic E-state index is -3.68. The van der Waals surface area contributed by atoms with E-state index >= 15 is 0 Å². The molecule has 1 aromatic carbocycles.